The average molecular weight is 460 g/mol. The van der Waals surface area contributed by atoms with E-state index in [9.17, 15) is 9.59 Å². The summed E-state index contributed by atoms with van der Waals surface area (Å²) >= 11 is 4.00. The van der Waals surface area contributed by atoms with E-state index in [-0.39, 0.29) is 27.5 Å². The molecule has 0 spiro atoms. The van der Waals surface area contributed by atoms with Gasteiger partial charge in [0.2, 0.25) is 11.8 Å². The van der Waals surface area contributed by atoms with Gasteiger partial charge in [-0.1, -0.05) is 15.9 Å². The summed E-state index contributed by atoms with van der Waals surface area (Å²) < 4.78 is 0.190. The first-order valence-corrected chi connectivity index (χ1v) is 11.8. The maximum absolute atomic E-state index is 13.3. The van der Waals surface area contributed by atoms with Crippen LogP contribution in [0.25, 0.3) is 0 Å². The Balaban J connectivity index is 1.24. The Labute approximate surface area is 180 Å². The predicted octanol–water partition coefficient (Wildman–Crippen LogP) is 4.06. The quantitative estimate of drug-likeness (QED) is 0.666. The molecule has 4 saturated carbocycles. The molecular weight excluding hydrogens is 430 g/mol. The Bertz CT molecular complexity index is 802. The molecule has 5 fully saturated rings. The molecule has 2 unspecified atom stereocenters. The van der Waals surface area contributed by atoms with Crippen LogP contribution in [0.4, 0.5) is 11.4 Å². The van der Waals surface area contributed by atoms with E-state index in [4.69, 9.17) is 5.73 Å². The van der Waals surface area contributed by atoms with Crippen molar-refractivity contribution in [3.8, 4) is 0 Å². The van der Waals surface area contributed by atoms with Gasteiger partial charge in [-0.3, -0.25) is 9.59 Å². The van der Waals surface area contributed by atoms with Crippen molar-refractivity contribution in [1.29, 1.82) is 0 Å². The van der Waals surface area contributed by atoms with Crippen molar-refractivity contribution in [1.82, 2.24) is 0 Å². The second-order valence-corrected chi connectivity index (χ2v) is 11.7. The van der Waals surface area contributed by atoms with Crippen molar-refractivity contribution in [3.05, 3.63) is 24.3 Å². The number of hydrogen-bond donors (Lipinski definition) is 2. The van der Waals surface area contributed by atoms with Gasteiger partial charge in [-0.05, 0) is 87.5 Å². The summed E-state index contributed by atoms with van der Waals surface area (Å²) in [5.74, 6) is 1.44. The number of carbonyl (C=O) groups is 2. The molecule has 5 nitrogen and oxygen atoms in total. The molecule has 1 aromatic rings. The first-order valence-electron chi connectivity index (χ1n) is 11.0. The van der Waals surface area contributed by atoms with Gasteiger partial charge < -0.3 is 16.0 Å². The summed E-state index contributed by atoms with van der Waals surface area (Å²) in [5.41, 5.74) is 7.26. The molecule has 2 atom stereocenters. The largest absolute Gasteiger partial charge is 0.371 e. The number of benzene rings is 1. The minimum atomic E-state index is -0.192. The molecule has 156 valence electrons. The molecule has 1 heterocycles. The van der Waals surface area contributed by atoms with Crippen LogP contribution in [-0.2, 0) is 9.59 Å². The maximum atomic E-state index is 13.3. The lowest BCUT2D eigenvalue weighted by atomic mass is 9.49. The number of nitrogens with one attached hydrogen (secondary N) is 1. The zero-order valence-corrected chi connectivity index (χ0v) is 18.4. The van der Waals surface area contributed by atoms with Gasteiger partial charge >= 0.3 is 0 Å². The zero-order chi connectivity index (χ0) is 20.2. The highest BCUT2D eigenvalue weighted by Gasteiger charge is 2.59. The highest BCUT2D eigenvalue weighted by Crippen LogP contribution is 2.64. The van der Waals surface area contributed by atoms with Crippen molar-refractivity contribution in [2.24, 2.45) is 28.9 Å². The lowest BCUT2D eigenvalue weighted by molar-refractivity contribution is -0.138. The predicted molar refractivity (Wildman–Crippen MR) is 118 cm³/mol. The van der Waals surface area contributed by atoms with E-state index in [1.54, 1.807) is 0 Å². The maximum Gasteiger partial charge on any atom is 0.230 e. The van der Waals surface area contributed by atoms with Crippen molar-refractivity contribution in [2.75, 3.05) is 23.3 Å². The molecule has 0 aromatic heterocycles. The summed E-state index contributed by atoms with van der Waals surface area (Å²) in [6, 6.07) is 8.17. The van der Waals surface area contributed by atoms with Crippen LogP contribution in [0.3, 0.4) is 0 Å². The van der Waals surface area contributed by atoms with Gasteiger partial charge in [0.15, 0.2) is 0 Å². The molecule has 2 amide bonds. The number of anilines is 2. The number of nitrogens with zero attached hydrogens (tertiary/aromatic N) is 1. The number of alkyl halides is 1. The third-order valence-electron chi connectivity index (χ3n) is 7.86. The fourth-order valence-electron chi connectivity index (χ4n) is 6.86. The Morgan fingerprint density at radius 1 is 1.03 bits per heavy atom. The van der Waals surface area contributed by atoms with Gasteiger partial charge in [0.1, 0.15) is 0 Å². The molecule has 5 aliphatic rings. The Kier molecular flexibility index (Phi) is 4.68. The van der Waals surface area contributed by atoms with Crippen LogP contribution in [0.5, 0.6) is 0 Å². The summed E-state index contributed by atoms with van der Waals surface area (Å²) in [5, 5.41) is 3.23. The smallest absolute Gasteiger partial charge is 0.230 e. The van der Waals surface area contributed by atoms with Crippen LogP contribution in [0, 0.1) is 23.2 Å². The van der Waals surface area contributed by atoms with Gasteiger partial charge in [0.05, 0.1) is 5.41 Å². The molecule has 1 aliphatic heterocycles. The SMILES string of the molecule is NC(=O)C1CCN(c2ccc(NC(=O)C34CC5CC(CC(Br)(C5)C3)C4)cc2)CC1. The summed E-state index contributed by atoms with van der Waals surface area (Å²) in [7, 11) is 0. The summed E-state index contributed by atoms with van der Waals surface area (Å²) in [6.45, 7) is 1.69. The van der Waals surface area contributed by atoms with Gasteiger partial charge in [-0.25, -0.2) is 0 Å². The highest BCUT2D eigenvalue weighted by atomic mass is 79.9. The molecule has 3 N–H and O–H groups in total. The average Bonchev–Trinajstić information content (AvgIpc) is 2.67. The number of nitrogens with two attached hydrogens (primary N) is 1. The first kappa shape index (κ1) is 19.4. The first-order chi connectivity index (χ1) is 13.8. The Hall–Kier alpha value is -1.56. The molecule has 1 saturated heterocycles. The van der Waals surface area contributed by atoms with E-state index in [2.05, 4.69) is 38.3 Å². The number of halogens is 1. The minimum absolute atomic E-state index is 0.00261. The Morgan fingerprint density at radius 2 is 1.66 bits per heavy atom. The topological polar surface area (TPSA) is 75.4 Å². The van der Waals surface area contributed by atoms with Crippen molar-refractivity contribution in [2.45, 2.75) is 55.7 Å². The summed E-state index contributed by atoms with van der Waals surface area (Å²) in [6.07, 6.45) is 8.49. The molecule has 1 aromatic carbocycles. The number of amides is 2. The van der Waals surface area contributed by atoms with E-state index in [1.165, 1.54) is 19.3 Å². The van der Waals surface area contributed by atoms with E-state index in [0.29, 0.717) is 11.8 Å². The molecule has 29 heavy (non-hydrogen) atoms. The monoisotopic (exact) mass is 459 g/mol. The van der Waals surface area contributed by atoms with Gasteiger partial charge in [-0.2, -0.15) is 0 Å². The van der Waals surface area contributed by atoms with Crippen molar-refractivity contribution >= 4 is 39.1 Å². The third kappa shape index (κ3) is 3.58. The number of primary amides is 1. The van der Waals surface area contributed by atoms with Crippen LogP contribution in [0.15, 0.2) is 24.3 Å². The normalized spacial score (nSPS) is 36.2. The van der Waals surface area contributed by atoms with Crippen LogP contribution in [-0.4, -0.2) is 29.2 Å². The van der Waals surface area contributed by atoms with Gasteiger partial charge in [0, 0.05) is 34.7 Å². The standard InChI is InChI=1S/C23H30BrN3O2/c24-23-12-15-9-16(13-23)11-22(10-15,14-23)21(29)26-18-1-3-19(4-2-18)27-7-5-17(6-8-27)20(25)28/h1-4,15-17H,5-14H2,(H2,25,28)(H,26,29). The van der Waals surface area contributed by atoms with Crippen LogP contribution in [0.1, 0.15) is 51.4 Å². The van der Waals surface area contributed by atoms with Gasteiger partial charge in [0.25, 0.3) is 0 Å². The summed E-state index contributed by atoms with van der Waals surface area (Å²) in [4.78, 5) is 27.0. The molecule has 4 bridgehead atoms. The van der Waals surface area contributed by atoms with E-state index in [1.807, 2.05) is 12.1 Å². The molecule has 6 rings (SSSR count). The Morgan fingerprint density at radius 3 is 2.21 bits per heavy atom. The third-order valence-corrected chi connectivity index (χ3v) is 8.79. The van der Waals surface area contributed by atoms with Crippen molar-refractivity contribution < 1.29 is 9.59 Å². The van der Waals surface area contributed by atoms with E-state index < -0.39 is 0 Å². The molecule has 4 aliphatic carbocycles. The fraction of sp³-hybridized carbons (Fsp3) is 0.652. The van der Waals surface area contributed by atoms with Gasteiger partial charge in [-0.15, -0.1) is 0 Å². The minimum Gasteiger partial charge on any atom is -0.371 e. The fourth-order valence-corrected chi connectivity index (χ4v) is 8.31. The van der Waals surface area contributed by atoms with Crippen LogP contribution in [0.2, 0.25) is 0 Å². The van der Waals surface area contributed by atoms with Crippen LogP contribution < -0.4 is 16.0 Å². The van der Waals surface area contributed by atoms with E-state index >= 15 is 0 Å². The molecule has 0 radical (unpaired) electrons. The van der Waals surface area contributed by atoms with Crippen LogP contribution >= 0.6 is 15.9 Å². The van der Waals surface area contributed by atoms with E-state index in [0.717, 1.165) is 56.6 Å². The lowest BCUT2D eigenvalue weighted by Gasteiger charge is -2.59. The number of hydrogen-bond acceptors (Lipinski definition) is 3. The highest BCUT2D eigenvalue weighted by molar-refractivity contribution is 9.10. The second kappa shape index (κ2) is 7.00. The number of piperidine rings is 1. The zero-order valence-electron chi connectivity index (χ0n) is 16.8. The number of rotatable bonds is 4. The molecular formula is C23H30BrN3O2. The lowest BCUT2D eigenvalue weighted by Crippen LogP contribution is -2.57. The van der Waals surface area contributed by atoms with Crippen molar-refractivity contribution in [3.63, 3.8) is 0 Å². The molecule has 6 heteroatoms. The second-order valence-electron chi connectivity index (χ2n) is 10.1. The number of carbonyl (C=O) groups excluding carboxylic acids is 2.